The molecule has 6 nitrogen and oxygen atoms in total. The maximum atomic E-state index is 13.8. The SMILES string of the molecule is C=CC[C@@]1(C(=O)NCc2ccc(F)c(F)c2)N=C(c2ccc(OCCCO)cc2)O[C@@H]1c1ccc(Cl)cc1Cl. The Labute approximate surface area is 234 Å². The van der Waals surface area contributed by atoms with E-state index < -0.39 is 29.2 Å². The van der Waals surface area contributed by atoms with Crippen LogP contribution < -0.4 is 10.1 Å². The number of hydrogen-bond acceptors (Lipinski definition) is 5. The number of halogens is 4. The zero-order valence-corrected chi connectivity index (χ0v) is 22.3. The molecule has 1 amide bonds. The van der Waals surface area contributed by atoms with Gasteiger partial charge in [0.15, 0.2) is 23.3 Å². The first-order valence-corrected chi connectivity index (χ1v) is 12.9. The van der Waals surface area contributed by atoms with Gasteiger partial charge in [-0.25, -0.2) is 13.8 Å². The second kappa shape index (κ2) is 12.6. The van der Waals surface area contributed by atoms with Crippen molar-refractivity contribution in [1.29, 1.82) is 0 Å². The Hall–Kier alpha value is -3.46. The maximum Gasteiger partial charge on any atom is 0.252 e. The number of nitrogens with one attached hydrogen (secondary N) is 1. The number of benzene rings is 3. The first kappa shape index (κ1) is 28.5. The lowest BCUT2D eigenvalue weighted by Gasteiger charge is -2.30. The van der Waals surface area contributed by atoms with Crippen LogP contribution in [0.15, 0.2) is 78.3 Å². The molecule has 0 aliphatic carbocycles. The van der Waals surface area contributed by atoms with E-state index in [2.05, 4.69) is 11.9 Å². The van der Waals surface area contributed by atoms with Crippen LogP contribution >= 0.6 is 23.2 Å². The topological polar surface area (TPSA) is 80.2 Å². The number of aliphatic imine (C=N–C) groups is 1. The molecule has 2 N–H and O–H groups in total. The van der Waals surface area contributed by atoms with Crippen molar-refractivity contribution in [2.24, 2.45) is 4.99 Å². The molecular formula is C29H26Cl2F2N2O4. The van der Waals surface area contributed by atoms with E-state index in [9.17, 15) is 13.6 Å². The number of carbonyl (C=O) groups is 1. The molecule has 1 aliphatic rings. The molecule has 3 aromatic rings. The first-order valence-electron chi connectivity index (χ1n) is 12.2. The minimum Gasteiger partial charge on any atom is -0.494 e. The van der Waals surface area contributed by atoms with E-state index in [1.807, 2.05) is 0 Å². The van der Waals surface area contributed by atoms with Gasteiger partial charge in [-0.15, -0.1) is 6.58 Å². The molecule has 0 spiro atoms. The fourth-order valence-electron chi connectivity index (χ4n) is 4.21. The van der Waals surface area contributed by atoms with Gasteiger partial charge in [-0.1, -0.05) is 41.4 Å². The van der Waals surface area contributed by atoms with Crippen molar-refractivity contribution in [1.82, 2.24) is 5.32 Å². The van der Waals surface area contributed by atoms with E-state index in [0.29, 0.717) is 45.5 Å². The Morgan fingerprint density at radius 1 is 1.13 bits per heavy atom. The first-order chi connectivity index (χ1) is 18.8. The van der Waals surface area contributed by atoms with Gasteiger partial charge >= 0.3 is 0 Å². The van der Waals surface area contributed by atoms with Crippen LogP contribution in [-0.4, -0.2) is 35.7 Å². The van der Waals surface area contributed by atoms with Gasteiger partial charge in [-0.3, -0.25) is 4.79 Å². The van der Waals surface area contributed by atoms with Gasteiger partial charge in [-0.05, 0) is 54.1 Å². The number of ether oxygens (including phenoxy) is 2. The lowest BCUT2D eigenvalue weighted by atomic mass is 9.84. The molecule has 0 saturated carbocycles. The number of aliphatic hydroxyl groups is 1. The van der Waals surface area contributed by atoms with Crippen molar-refractivity contribution in [3.05, 3.63) is 112 Å². The van der Waals surface area contributed by atoms with Crippen LogP contribution in [0.3, 0.4) is 0 Å². The molecule has 4 rings (SSSR count). The van der Waals surface area contributed by atoms with Crippen LogP contribution in [0, 0.1) is 11.6 Å². The summed E-state index contributed by atoms with van der Waals surface area (Å²) in [6, 6.07) is 15.2. The van der Waals surface area contributed by atoms with E-state index in [4.69, 9.17) is 42.8 Å². The third-order valence-corrected chi connectivity index (χ3v) is 6.73. The van der Waals surface area contributed by atoms with Crippen molar-refractivity contribution in [3.8, 4) is 5.75 Å². The Bertz CT molecular complexity index is 1380. The van der Waals surface area contributed by atoms with Gasteiger partial charge in [0.25, 0.3) is 5.91 Å². The summed E-state index contributed by atoms with van der Waals surface area (Å²) in [4.78, 5) is 18.6. The van der Waals surface area contributed by atoms with Crippen LogP contribution in [-0.2, 0) is 16.1 Å². The summed E-state index contributed by atoms with van der Waals surface area (Å²) >= 11 is 12.6. The molecule has 3 aromatic carbocycles. The highest BCUT2D eigenvalue weighted by atomic mass is 35.5. The van der Waals surface area contributed by atoms with E-state index >= 15 is 0 Å². The molecule has 0 radical (unpaired) electrons. The highest BCUT2D eigenvalue weighted by molar-refractivity contribution is 6.35. The molecule has 0 unspecified atom stereocenters. The van der Waals surface area contributed by atoms with E-state index in [0.717, 1.165) is 12.1 Å². The lowest BCUT2D eigenvalue weighted by Crippen LogP contribution is -2.47. The van der Waals surface area contributed by atoms with Crippen molar-refractivity contribution in [3.63, 3.8) is 0 Å². The predicted molar refractivity (Wildman–Crippen MR) is 146 cm³/mol. The van der Waals surface area contributed by atoms with E-state index in [1.54, 1.807) is 48.5 Å². The summed E-state index contributed by atoms with van der Waals surface area (Å²) in [5, 5.41) is 12.4. The molecule has 204 valence electrons. The van der Waals surface area contributed by atoms with Gasteiger partial charge < -0.3 is 19.9 Å². The number of amides is 1. The summed E-state index contributed by atoms with van der Waals surface area (Å²) in [7, 11) is 0. The van der Waals surface area contributed by atoms with Gasteiger partial charge in [0.2, 0.25) is 5.90 Å². The average Bonchev–Trinajstić information content (AvgIpc) is 3.30. The van der Waals surface area contributed by atoms with Gasteiger partial charge in [0, 0.05) is 47.2 Å². The highest BCUT2D eigenvalue weighted by Crippen LogP contribution is 2.45. The molecule has 39 heavy (non-hydrogen) atoms. The fraction of sp³-hybridized carbons (Fsp3) is 0.241. The molecule has 0 bridgehead atoms. The van der Waals surface area contributed by atoms with Crippen LogP contribution in [0.1, 0.15) is 35.6 Å². The lowest BCUT2D eigenvalue weighted by molar-refractivity contribution is -0.129. The summed E-state index contributed by atoms with van der Waals surface area (Å²) in [5.74, 6) is -1.69. The minimum atomic E-state index is -1.51. The number of hydrogen-bond donors (Lipinski definition) is 2. The quantitative estimate of drug-likeness (QED) is 0.211. The Morgan fingerprint density at radius 3 is 2.56 bits per heavy atom. The van der Waals surface area contributed by atoms with Gasteiger partial charge in [0.1, 0.15) is 5.75 Å². The van der Waals surface area contributed by atoms with E-state index in [1.165, 1.54) is 6.07 Å². The Morgan fingerprint density at radius 2 is 1.90 bits per heavy atom. The zero-order valence-electron chi connectivity index (χ0n) is 20.8. The Balaban J connectivity index is 1.69. The smallest absolute Gasteiger partial charge is 0.252 e. The normalized spacial score (nSPS) is 18.3. The number of rotatable bonds is 11. The van der Waals surface area contributed by atoms with Gasteiger partial charge in [0.05, 0.1) is 6.61 Å². The van der Waals surface area contributed by atoms with Crippen molar-refractivity contribution in [2.45, 2.75) is 31.0 Å². The fourth-order valence-corrected chi connectivity index (χ4v) is 4.72. The largest absolute Gasteiger partial charge is 0.494 e. The number of nitrogens with zero attached hydrogens (tertiary/aromatic N) is 1. The Kier molecular flexibility index (Phi) is 9.22. The second-order valence-corrected chi connectivity index (χ2v) is 9.72. The molecule has 0 aromatic heterocycles. The summed E-state index contributed by atoms with van der Waals surface area (Å²) in [5.41, 5.74) is -0.0480. The molecular weight excluding hydrogens is 549 g/mol. The molecule has 1 heterocycles. The van der Waals surface area contributed by atoms with Crippen molar-refractivity contribution in [2.75, 3.05) is 13.2 Å². The molecule has 0 fully saturated rings. The maximum absolute atomic E-state index is 13.8. The highest BCUT2D eigenvalue weighted by Gasteiger charge is 2.53. The molecule has 10 heteroatoms. The van der Waals surface area contributed by atoms with Crippen molar-refractivity contribution < 1.29 is 28.2 Å². The monoisotopic (exact) mass is 574 g/mol. The number of aliphatic hydroxyl groups excluding tert-OH is 1. The van der Waals surface area contributed by atoms with E-state index in [-0.39, 0.29) is 25.5 Å². The summed E-state index contributed by atoms with van der Waals surface area (Å²) < 4.78 is 39.0. The second-order valence-electron chi connectivity index (χ2n) is 8.88. The third-order valence-electron chi connectivity index (χ3n) is 6.17. The molecule has 1 aliphatic heterocycles. The van der Waals surface area contributed by atoms with Crippen LogP contribution in [0.4, 0.5) is 8.78 Å². The molecule has 2 atom stereocenters. The standard InChI is InChI=1S/C29H26Cl2F2N2O4/c1-2-12-29(28(37)34-17-18-4-11-24(32)25(33)15-18)26(22-10-7-20(30)16-23(22)31)39-27(35-29)19-5-8-21(9-6-19)38-14-3-13-36/h2,4-11,15-16,26,36H,1,3,12-14,17H2,(H,34,37)/t26-,29-/m1/s1. The number of carbonyl (C=O) groups excluding carboxylic acids is 1. The van der Waals surface area contributed by atoms with Gasteiger partial charge in [-0.2, -0.15) is 0 Å². The van der Waals surface area contributed by atoms with Crippen LogP contribution in [0.2, 0.25) is 10.0 Å². The minimum absolute atomic E-state index is 0.0287. The predicted octanol–water partition coefficient (Wildman–Crippen LogP) is 6.18. The summed E-state index contributed by atoms with van der Waals surface area (Å²) in [6.07, 6.45) is 1.21. The van der Waals surface area contributed by atoms with Crippen LogP contribution in [0.5, 0.6) is 5.75 Å². The third kappa shape index (κ3) is 6.41. The van der Waals surface area contributed by atoms with Crippen molar-refractivity contribution >= 4 is 35.0 Å². The van der Waals surface area contributed by atoms with Crippen LogP contribution in [0.25, 0.3) is 0 Å². The summed E-state index contributed by atoms with van der Waals surface area (Å²) in [6.45, 7) is 4.14. The molecule has 0 saturated heterocycles. The zero-order chi connectivity index (χ0) is 28.0. The average molecular weight is 575 g/mol.